The van der Waals surface area contributed by atoms with Crippen LogP contribution in [0.15, 0.2) is 19.2 Å². The van der Waals surface area contributed by atoms with Gasteiger partial charge >= 0.3 is 103 Å². The van der Waals surface area contributed by atoms with Gasteiger partial charge < -0.3 is 13.1 Å². The smallest absolute Gasteiger partial charge is 1.00 e. The maximum Gasteiger partial charge on any atom is 1.00 e. The predicted molar refractivity (Wildman–Crippen MR) is 39.4 cm³/mol. The van der Waals surface area contributed by atoms with Crippen molar-refractivity contribution in [1.29, 1.82) is 0 Å². The van der Waals surface area contributed by atoms with Crippen LogP contribution in [-0.4, -0.2) is 10.2 Å². The molecule has 0 aliphatic carbocycles. The molecular formula is C6H4K2O6. The van der Waals surface area contributed by atoms with Crippen LogP contribution in [0.3, 0.4) is 0 Å². The molecule has 0 radical (unpaired) electrons. The molecule has 0 saturated heterocycles. The van der Waals surface area contributed by atoms with Gasteiger partial charge in [-0.05, 0) is 0 Å². The average molecular weight is 250 g/mol. The molecule has 1 aromatic carbocycles. The van der Waals surface area contributed by atoms with E-state index in [0.717, 1.165) is 0 Å². The van der Waals surface area contributed by atoms with Gasteiger partial charge in [-0.2, -0.15) is 0 Å². The molecule has 8 heteroatoms. The fourth-order valence-corrected chi connectivity index (χ4v) is 0.636. The average Bonchev–Trinajstić information content (AvgIpc) is 2.08. The number of phenols is 2. The molecule has 0 amide bonds. The van der Waals surface area contributed by atoms with Gasteiger partial charge in [0.25, 0.3) is 21.7 Å². The first-order valence-corrected chi connectivity index (χ1v) is 2.76. The largest absolute Gasteiger partial charge is 1.00 e. The maximum atomic E-state index is 10.5. The second kappa shape index (κ2) is 6.79. The van der Waals surface area contributed by atoms with Crippen LogP contribution in [-0.2, 0) is 0 Å². The summed E-state index contributed by atoms with van der Waals surface area (Å²) in [5, 5.41) is 17.2. The van der Waals surface area contributed by atoms with Crippen LogP contribution in [0.1, 0.15) is 2.85 Å². The van der Waals surface area contributed by atoms with Crippen LogP contribution >= 0.6 is 0 Å². The van der Waals surface area contributed by atoms with E-state index < -0.39 is 33.2 Å². The van der Waals surface area contributed by atoms with Crippen LogP contribution in [0.4, 0.5) is 0 Å². The molecule has 2 N–H and O–H groups in total. The zero-order valence-corrected chi connectivity index (χ0v) is 13.8. The molecule has 1 rings (SSSR count). The number of rotatable bonds is 0. The van der Waals surface area contributed by atoms with E-state index in [1.807, 2.05) is 0 Å². The van der Waals surface area contributed by atoms with E-state index in [-0.39, 0.29) is 106 Å². The van der Waals surface area contributed by atoms with Gasteiger partial charge in [0.2, 0.25) is 11.5 Å². The SMILES string of the molecule is O=c1c(O)c(O)c(=O)c(=O)c1=O.[H-].[H-].[K+].[K+]. The van der Waals surface area contributed by atoms with E-state index in [2.05, 4.69) is 0 Å². The number of hydrogen-bond donors (Lipinski definition) is 2. The van der Waals surface area contributed by atoms with Gasteiger partial charge in [-0.1, -0.05) is 0 Å². The topological polar surface area (TPSA) is 109 Å². The summed E-state index contributed by atoms with van der Waals surface area (Å²) in [6.07, 6.45) is 0. The molecule has 66 valence electrons. The van der Waals surface area contributed by atoms with Crippen molar-refractivity contribution in [3.05, 3.63) is 40.9 Å². The summed E-state index contributed by atoms with van der Waals surface area (Å²) in [5.74, 6) is -2.74. The third kappa shape index (κ3) is 3.14. The van der Waals surface area contributed by atoms with Crippen molar-refractivity contribution in [2.45, 2.75) is 0 Å². The molecule has 0 aliphatic rings. The zero-order chi connectivity index (χ0) is 9.46. The molecule has 0 bridgehead atoms. The van der Waals surface area contributed by atoms with E-state index in [4.69, 9.17) is 10.2 Å². The summed E-state index contributed by atoms with van der Waals surface area (Å²) in [4.78, 5) is 41.9. The quantitative estimate of drug-likeness (QED) is 0.269. The molecule has 0 unspecified atom stereocenters. The van der Waals surface area contributed by atoms with Crippen molar-refractivity contribution in [3.63, 3.8) is 0 Å². The molecule has 0 aliphatic heterocycles. The van der Waals surface area contributed by atoms with Crippen molar-refractivity contribution in [1.82, 2.24) is 0 Å². The van der Waals surface area contributed by atoms with E-state index in [1.165, 1.54) is 0 Å². The van der Waals surface area contributed by atoms with E-state index in [1.54, 1.807) is 0 Å². The van der Waals surface area contributed by atoms with Crippen LogP contribution in [0.25, 0.3) is 0 Å². The van der Waals surface area contributed by atoms with Crippen molar-refractivity contribution in [3.8, 4) is 11.5 Å². The molecule has 0 atom stereocenters. The Morgan fingerprint density at radius 2 is 0.857 bits per heavy atom. The molecule has 0 spiro atoms. The molecule has 0 aromatic heterocycles. The number of aromatic hydroxyl groups is 2. The van der Waals surface area contributed by atoms with E-state index >= 15 is 0 Å². The standard InChI is InChI=1S/C6H2O6.2K.2H/c7-1-2(8)4(10)6(12)5(11)3(1)9;;;;/h7-8H;;;;/q;2*+1;2*-1. The first kappa shape index (κ1) is 17.7. The summed E-state index contributed by atoms with van der Waals surface area (Å²) in [6, 6.07) is 0. The van der Waals surface area contributed by atoms with Gasteiger partial charge in [0.1, 0.15) is 0 Å². The van der Waals surface area contributed by atoms with Gasteiger partial charge in [-0.3, -0.25) is 19.2 Å². The minimum atomic E-state index is -1.63. The molecule has 0 fully saturated rings. The second-order valence-electron chi connectivity index (χ2n) is 2.01. The maximum absolute atomic E-state index is 10.5. The van der Waals surface area contributed by atoms with Crippen molar-refractivity contribution in [2.24, 2.45) is 0 Å². The Morgan fingerprint density at radius 1 is 0.643 bits per heavy atom. The van der Waals surface area contributed by atoms with E-state index in [9.17, 15) is 19.2 Å². The van der Waals surface area contributed by atoms with Crippen molar-refractivity contribution < 1.29 is 116 Å². The Labute approximate surface area is 164 Å². The van der Waals surface area contributed by atoms with Crippen molar-refractivity contribution >= 4 is 0 Å². The number of benzene rings is 1. The van der Waals surface area contributed by atoms with Crippen LogP contribution in [0, 0.1) is 0 Å². The summed E-state index contributed by atoms with van der Waals surface area (Å²) in [5.41, 5.74) is -6.38. The second-order valence-corrected chi connectivity index (χ2v) is 2.01. The summed E-state index contributed by atoms with van der Waals surface area (Å²) in [6.45, 7) is 0. The number of hydrogen-bond acceptors (Lipinski definition) is 6. The Kier molecular flexibility index (Phi) is 8.57. The van der Waals surface area contributed by atoms with Gasteiger partial charge in [0.15, 0.2) is 0 Å². The molecule has 6 nitrogen and oxygen atoms in total. The zero-order valence-electron chi connectivity index (χ0n) is 9.53. The summed E-state index contributed by atoms with van der Waals surface area (Å²) in [7, 11) is 0. The number of phenolic OH excluding ortho intramolecular Hbond substituents is 2. The minimum Gasteiger partial charge on any atom is -1.00 e. The summed E-state index contributed by atoms with van der Waals surface area (Å²) < 4.78 is 0. The van der Waals surface area contributed by atoms with Gasteiger partial charge in [-0.15, -0.1) is 0 Å². The van der Waals surface area contributed by atoms with Gasteiger partial charge in [0, 0.05) is 0 Å². The first-order chi connectivity index (χ1) is 5.46. The third-order valence-electron chi connectivity index (χ3n) is 1.27. The molecular weight excluding hydrogens is 246 g/mol. The fourth-order valence-electron chi connectivity index (χ4n) is 0.636. The minimum absolute atomic E-state index is 0. The summed E-state index contributed by atoms with van der Waals surface area (Å²) >= 11 is 0. The Morgan fingerprint density at radius 3 is 1.07 bits per heavy atom. The fraction of sp³-hybridized carbons (Fsp3) is 0. The Hall–Kier alpha value is 1.29. The normalized spacial score (nSPS) is 8.57. The first-order valence-electron chi connectivity index (χ1n) is 2.76. The van der Waals surface area contributed by atoms with Gasteiger partial charge in [0.05, 0.1) is 0 Å². The Balaban J connectivity index is -0.000000180. The van der Waals surface area contributed by atoms with E-state index in [0.29, 0.717) is 0 Å². The van der Waals surface area contributed by atoms with Crippen molar-refractivity contribution in [2.75, 3.05) is 0 Å². The van der Waals surface area contributed by atoms with Crippen LogP contribution in [0.5, 0.6) is 11.5 Å². The molecule has 0 saturated carbocycles. The molecule has 0 heterocycles. The van der Waals surface area contributed by atoms with Crippen LogP contribution < -0.4 is 124 Å². The monoisotopic (exact) mass is 250 g/mol. The molecule has 1 aromatic rings. The molecule has 14 heavy (non-hydrogen) atoms. The van der Waals surface area contributed by atoms with Crippen LogP contribution in [0.2, 0.25) is 0 Å². The van der Waals surface area contributed by atoms with Gasteiger partial charge in [-0.25, -0.2) is 0 Å². The third-order valence-corrected chi connectivity index (χ3v) is 1.27. The Bertz CT molecular complexity index is 487. The predicted octanol–water partition coefficient (Wildman–Crippen LogP) is -8.35.